The maximum atomic E-state index is 5.66. The van der Waals surface area contributed by atoms with Gasteiger partial charge in [0.05, 0.1) is 132 Å². The summed E-state index contributed by atoms with van der Waals surface area (Å²) in [4.78, 5) is 0. The maximum Gasteiger partial charge on any atom is 0.107 e. The Morgan fingerprint density at radius 3 is 0.745 bits per heavy atom. The number of hydrogen-bond acceptors (Lipinski definition) is 11. The second kappa shape index (κ2) is 45.1. The molecule has 0 spiro atoms. The summed E-state index contributed by atoms with van der Waals surface area (Å²) in [6.07, 6.45) is 20.0. The highest BCUT2D eigenvalue weighted by molar-refractivity contribution is 4.82. The molecular formula is C36H70O11. The highest BCUT2D eigenvalue weighted by atomic mass is 16.6. The third-order valence-electron chi connectivity index (χ3n) is 6.80. The average Bonchev–Trinajstić information content (AvgIpc) is 3.08. The summed E-state index contributed by atoms with van der Waals surface area (Å²) in [6.45, 7) is 14.1. The van der Waals surface area contributed by atoms with Gasteiger partial charge in [-0.25, -0.2) is 0 Å². The summed E-state index contributed by atoms with van der Waals surface area (Å²) in [6, 6.07) is 0. The maximum absolute atomic E-state index is 5.66. The van der Waals surface area contributed by atoms with Gasteiger partial charge < -0.3 is 52.1 Å². The van der Waals surface area contributed by atoms with Crippen LogP contribution in [0.1, 0.15) is 77.6 Å². The van der Waals surface area contributed by atoms with E-state index in [1.54, 1.807) is 0 Å². The minimum atomic E-state index is 0.311. The van der Waals surface area contributed by atoms with Gasteiger partial charge in [0.1, 0.15) is 6.61 Å². The van der Waals surface area contributed by atoms with Crippen molar-refractivity contribution >= 4 is 0 Å². The molecule has 0 aliphatic rings. The van der Waals surface area contributed by atoms with Crippen LogP contribution in [0, 0.1) is 12.3 Å². The van der Waals surface area contributed by atoms with Crippen LogP contribution in [0.3, 0.4) is 0 Å². The van der Waals surface area contributed by atoms with E-state index < -0.39 is 0 Å². The van der Waals surface area contributed by atoms with E-state index in [1.807, 2.05) is 0 Å². The largest absolute Gasteiger partial charge is 0.379 e. The van der Waals surface area contributed by atoms with Crippen LogP contribution >= 0.6 is 0 Å². The molecule has 0 radical (unpaired) electrons. The fourth-order valence-corrected chi connectivity index (χ4v) is 4.20. The van der Waals surface area contributed by atoms with Crippen LogP contribution in [-0.2, 0) is 52.1 Å². The molecule has 0 atom stereocenters. The first-order valence-corrected chi connectivity index (χ1v) is 18.2. The molecule has 0 amide bonds. The van der Waals surface area contributed by atoms with Crippen molar-refractivity contribution in [1.29, 1.82) is 0 Å². The number of hydrogen-bond donors (Lipinski definition) is 0. The van der Waals surface area contributed by atoms with Gasteiger partial charge in [0.25, 0.3) is 0 Å². The molecule has 280 valence electrons. The lowest BCUT2D eigenvalue weighted by Gasteiger charge is -2.09. The normalized spacial score (nSPS) is 11.4. The van der Waals surface area contributed by atoms with Gasteiger partial charge in [-0.3, -0.25) is 0 Å². The SMILES string of the molecule is C#CCOCCOCCOCCOCCOCCOCCOCCOCCOCCOCCOCCCCCCCCCCCCC. The Morgan fingerprint density at radius 2 is 0.489 bits per heavy atom. The van der Waals surface area contributed by atoms with Crippen molar-refractivity contribution in [1.82, 2.24) is 0 Å². The average molecular weight is 679 g/mol. The summed E-state index contributed by atoms with van der Waals surface area (Å²) < 4.78 is 60.0. The van der Waals surface area contributed by atoms with Crippen LogP contribution in [0.4, 0.5) is 0 Å². The molecule has 0 unspecified atom stereocenters. The lowest BCUT2D eigenvalue weighted by molar-refractivity contribution is -0.0272. The van der Waals surface area contributed by atoms with E-state index in [4.69, 9.17) is 58.5 Å². The topological polar surface area (TPSA) is 102 Å². The molecule has 0 saturated carbocycles. The zero-order chi connectivity index (χ0) is 33.8. The fourth-order valence-electron chi connectivity index (χ4n) is 4.20. The van der Waals surface area contributed by atoms with Crippen molar-refractivity contribution in [3.8, 4) is 12.3 Å². The second-order valence-corrected chi connectivity index (χ2v) is 10.9. The molecule has 0 bridgehead atoms. The smallest absolute Gasteiger partial charge is 0.107 e. The van der Waals surface area contributed by atoms with Crippen molar-refractivity contribution in [3.63, 3.8) is 0 Å². The third-order valence-corrected chi connectivity index (χ3v) is 6.80. The van der Waals surface area contributed by atoms with E-state index >= 15 is 0 Å². The fraction of sp³-hybridized carbons (Fsp3) is 0.944. The van der Waals surface area contributed by atoms with Crippen molar-refractivity contribution in [3.05, 3.63) is 0 Å². The van der Waals surface area contributed by atoms with Gasteiger partial charge in [-0.2, -0.15) is 0 Å². The van der Waals surface area contributed by atoms with E-state index in [0.717, 1.165) is 13.0 Å². The molecule has 11 heteroatoms. The van der Waals surface area contributed by atoms with Crippen LogP contribution in [0.15, 0.2) is 0 Å². The molecule has 0 heterocycles. The first-order valence-electron chi connectivity index (χ1n) is 18.2. The van der Waals surface area contributed by atoms with E-state index in [2.05, 4.69) is 12.8 Å². The number of terminal acetylenes is 1. The molecule has 0 fully saturated rings. The predicted molar refractivity (Wildman–Crippen MR) is 184 cm³/mol. The quantitative estimate of drug-likeness (QED) is 0.0635. The summed E-state index contributed by atoms with van der Waals surface area (Å²) >= 11 is 0. The van der Waals surface area contributed by atoms with Crippen LogP contribution in [0.25, 0.3) is 0 Å². The van der Waals surface area contributed by atoms with E-state index in [0.29, 0.717) is 139 Å². The van der Waals surface area contributed by atoms with Gasteiger partial charge >= 0.3 is 0 Å². The standard InChI is InChI=1S/C36H70O11/c1-3-5-6-7-8-9-10-11-12-13-14-16-38-18-20-40-22-24-42-26-28-44-30-32-46-34-36-47-35-33-45-31-29-43-27-25-41-23-21-39-19-17-37-15-4-2/h2H,3,5-36H2,1H3. The minimum Gasteiger partial charge on any atom is -0.379 e. The Labute approximate surface area is 287 Å². The molecule has 0 aliphatic carbocycles. The Hall–Kier alpha value is -0.880. The monoisotopic (exact) mass is 678 g/mol. The van der Waals surface area contributed by atoms with Crippen LogP contribution < -0.4 is 0 Å². The Kier molecular flexibility index (Phi) is 44.3. The van der Waals surface area contributed by atoms with Gasteiger partial charge in [-0.15, -0.1) is 6.42 Å². The molecular weight excluding hydrogens is 608 g/mol. The Balaban J connectivity index is 3.04. The second-order valence-electron chi connectivity index (χ2n) is 10.9. The van der Waals surface area contributed by atoms with Crippen molar-refractivity contribution in [2.24, 2.45) is 0 Å². The predicted octanol–water partition coefficient (Wildman–Crippen LogP) is 5.11. The van der Waals surface area contributed by atoms with Gasteiger partial charge in [0, 0.05) is 6.61 Å². The van der Waals surface area contributed by atoms with E-state index in [-0.39, 0.29) is 0 Å². The van der Waals surface area contributed by atoms with Crippen molar-refractivity contribution in [2.45, 2.75) is 77.6 Å². The van der Waals surface area contributed by atoms with Crippen molar-refractivity contribution in [2.75, 3.05) is 145 Å². The van der Waals surface area contributed by atoms with Gasteiger partial charge in [-0.1, -0.05) is 77.1 Å². The lowest BCUT2D eigenvalue weighted by atomic mass is 10.1. The van der Waals surface area contributed by atoms with Crippen LogP contribution in [0.5, 0.6) is 0 Å². The highest BCUT2D eigenvalue weighted by Crippen LogP contribution is 2.11. The number of rotatable bonds is 43. The number of ether oxygens (including phenoxy) is 11. The van der Waals surface area contributed by atoms with E-state index in [9.17, 15) is 0 Å². The summed E-state index contributed by atoms with van der Waals surface area (Å²) in [5.74, 6) is 2.40. The van der Waals surface area contributed by atoms with Gasteiger partial charge in [0.15, 0.2) is 0 Å². The first-order chi connectivity index (χ1) is 23.4. The molecule has 0 aromatic carbocycles. The molecule has 0 aromatic heterocycles. The van der Waals surface area contributed by atoms with Gasteiger partial charge in [0.2, 0.25) is 0 Å². The summed E-state index contributed by atoms with van der Waals surface area (Å²) in [5.41, 5.74) is 0. The lowest BCUT2D eigenvalue weighted by Crippen LogP contribution is -2.15. The molecule has 47 heavy (non-hydrogen) atoms. The third kappa shape index (κ3) is 45.1. The molecule has 0 saturated heterocycles. The zero-order valence-corrected chi connectivity index (χ0v) is 29.9. The zero-order valence-electron chi connectivity index (χ0n) is 29.9. The molecule has 0 aliphatic heterocycles. The van der Waals surface area contributed by atoms with Crippen LogP contribution in [-0.4, -0.2) is 145 Å². The van der Waals surface area contributed by atoms with Crippen LogP contribution in [0.2, 0.25) is 0 Å². The van der Waals surface area contributed by atoms with Crippen molar-refractivity contribution < 1.29 is 52.1 Å². The summed E-state index contributed by atoms with van der Waals surface area (Å²) in [5, 5.41) is 0. The van der Waals surface area contributed by atoms with E-state index in [1.165, 1.54) is 64.2 Å². The molecule has 0 N–H and O–H groups in total. The van der Waals surface area contributed by atoms with Gasteiger partial charge in [-0.05, 0) is 6.42 Å². The molecule has 0 rings (SSSR count). The minimum absolute atomic E-state index is 0.311. The number of unbranched alkanes of at least 4 members (excludes halogenated alkanes) is 10. The first kappa shape index (κ1) is 46.1. The molecule has 11 nitrogen and oxygen atoms in total. The summed E-state index contributed by atoms with van der Waals surface area (Å²) in [7, 11) is 0. The Bertz CT molecular complexity index is 592. The molecule has 0 aromatic rings. The Morgan fingerprint density at radius 1 is 0.277 bits per heavy atom. The highest BCUT2D eigenvalue weighted by Gasteiger charge is 1.97.